The fraction of sp³-hybridized carbons (Fsp3) is 0.364. The van der Waals surface area contributed by atoms with Crippen molar-refractivity contribution in [3.63, 3.8) is 0 Å². The van der Waals surface area contributed by atoms with Gasteiger partial charge in [-0.3, -0.25) is 0 Å². The van der Waals surface area contributed by atoms with Crippen LogP contribution in [0.25, 0.3) is 0 Å². The Morgan fingerprint density at radius 3 is 2.50 bits per heavy atom. The van der Waals surface area contributed by atoms with Gasteiger partial charge in [0.2, 0.25) is 10.0 Å². The first-order chi connectivity index (χ1) is 8.27. The minimum Gasteiger partial charge on any atom is -0.478 e. The van der Waals surface area contributed by atoms with E-state index in [1.54, 1.807) is 0 Å². The van der Waals surface area contributed by atoms with E-state index in [0.717, 1.165) is 18.9 Å². The fourth-order valence-electron chi connectivity index (χ4n) is 1.59. The number of carboxylic acid groups (broad SMARTS) is 1. The Labute approximate surface area is 114 Å². The number of sulfonamides is 1. The summed E-state index contributed by atoms with van der Waals surface area (Å²) in [6.45, 7) is 1.98. The van der Waals surface area contributed by atoms with Crippen molar-refractivity contribution in [2.75, 3.05) is 0 Å². The molecule has 0 saturated heterocycles. The predicted molar refractivity (Wildman–Crippen MR) is 71.1 cm³/mol. The third kappa shape index (κ3) is 3.54. The van der Waals surface area contributed by atoms with Gasteiger partial charge in [-0.2, -0.15) is 0 Å². The van der Waals surface area contributed by atoms with E-state index in [0.29, 0.717) is 16.5 Å². The van der Waals surface area contributed by atoms with E-state index in [4.69, 9.17) is 10.2 Å². The monoisotopic (exact) mass is 335 g/mol. The number of hydrogen-bond donors (Lipinski definition) is 2. The van der Waals surface area contributed by atoms with Crippen molar-refractivity contribution in [1.29, 1.82) is 0 Å². The third-order valence-corrected chi connectivity index (χ3v) is 4.14. The number of aromatic carboxylic acids is 1. The van der Waals surface area contributed by atoms with Gasteiger partial charge in [0.25, 0.3) is 0 Å². The van der Waals surface area contributed by atoms with Crippen LogP contribution in [0.5, 0.6) is 0 Å². The standard InChI is InChI=1S/C11H14BrNO4S/c1-2-3-4-7-5-9(12)8(11(14)15)6-10(7)18(13,16)17/h5-6H,2-4H2,1H3,(H,14,15)(H2,13,16,17). The van der Waals surface area contributed by atoms with E-state index >= 15 is 0 Å². The van der Waals surface area contributed by atoms with Crippen molar-refractivity contribution >= 4 is 31.9 Å². The fourth-order valence-corrected chi connectivity index (χ4v) is 2.95. The van der Waals surface area contributed by atoms with Gasteiger partial charge >= 0.3 is 5.97 Å². The molecule has 0 atom stereocenters. The number of carbonyl (C=O) groups is 1. The van der Waals surface area contributed by atoms with E-state index in [1.165, 1.54) is 6.07 Å². The quantitative estimate of drug-likeness (QED) is 0.861. The number of primary sulfonamides is 1. The molecule has 0 unspecified atom stereocenters. The van der Waals surface area contributed by atoms with Gasteiger partial charge < -0.3 is 5.11 Å². The zero-order chi connectivity index (χ0) is 13.9. The van der Waals surface area contributed by atoms with Crippen LogP contribution in [0.2, 0.25) is 0 Å². The molecule has 3 N–H and O–H groups in total. The molecule has 1 aromatic rings. The third-order valence-electron chi connectivity index (χ3n) is 2.49. The molecule has 0 aromatic heterocycles. The van der Waals surface area contributed by atoms with Gasteiger partial charge in [-0.15, -0.1) is 0 Å². The molecular formula is C11H14BrNO4S. The van der Waals surface area contributed by atoms with Crippen LogP contribution in [0.1, 0.15) is 35.7 Å². The van der Waals surface area contributed by atoms with Crippen LogP contribution in [0.3, 0.4) is 0 Å². The summed E-state index contributed by atoms with van der Waals surface area (Å²) in [5.74, 6) is -1.20. The van der Waals surface area contributed by atoms with Crippen LogP contribution in [0.15, 0.2) is 21.5 Å². The van der Waals surface area contributed by atoms with Crippen LogP contribution in [0.4, 0.5) is 0 Å². The topological polar surface area (TPSA) is 97.5 Å². The van der Waals surface area contributed by atoms with E-state index in [2.05, 4.69) is 15.9 Å². The molecule has 0 aliphatic carbocycles. The Balaban J connectivity index is 3.42. The van der Waals surface area contributed by atoms with Crippen molar-refractivity contribution in [2.45, 2.75) is 31.1 Å². The van der Waals surface area contributed by atoms with E-state index in [-0.39, 0.29) is 10.5 Å². The maximum atomic E-state index is 11.5. The molecule has 0 fully saturated rings. The average molecular weight is 336 g/mol. The smallest absolute Gasteiger partial charge is 0.336 e. The first kappa shape index (κ1) is 15.1. The first-order valence-electron chi connectivity index (χ1n) is 5.36. The molecule has 18 heavy (non-hydrogen) atoms. The molecule has 7 heteroatoms. The van der Waals surface area contributed by atoms with Crippen LogP contribution in [-0.4, -0.2) is 19.5 Å². The zero-order valence-electron chi connectivity index (χ0n) is 9.81. The van der Waals surface area contributed by atoms with E-state index in [1.807, 2.05) is 6.92 Å². The Bertz CT molecular complexity index is 569. The highest BCUT2D eigenvalue weighted by Crippen LogP contribution is 2.26. The van der Waals surface area contributed by atoms with Gasteiger partial charge in [0.1, 0.15) is 0 Å². The number of nitrogens with two attached hydrogens (primary N) is 1. The van der Waals surface area contributed by atoms with Crippen molar-refractivity contribution in [3.8, 4) is 0 Å². The summed E-state index contributed by atoms with van der Waals surface area (Å²) in [7, 11) is -3.92. The summed E-state index contributed by atoms with van der Waals surface area (Å²) >= 11 is 3.12. The summed E-state index contributed by atoms with van der Waals surface area (Å²) in [6.07, 6.45) is 2.25. The highest BCUT2D eigenvalue weighted by atomic mass is 79.9. The zero-order valence-corrected chi connectivity index (χ0v) is 12.2. The first-order valence-corrected chi connectivity index (χ1v) is 7.69. The maximum Gasteiger partial charge on any atom is 0.336 e. The van der Waals surface area contributed by atoms with Crippen LogP contribution < -0.4 is 5.14 Å². The predicted octanol–water partition coefficient (Wildman–Crippen LogP) is 2.14. The maximum absolute atomic E-state index is 11.5. The molecule has 0 amide bonds. The van der Waals surface area contributed by atoms with Gasteiger partial charge in [-0.1, -0.05) is 13.3 Å². The van der Waals surface area contributed by atoms with Gasteiger partial charge in [-0.25, -0.2) is 18.4 Å². The molecule has 5 nitrogen and oxygen atoms in total. The Hall–Kier alpha value is -0.920. The number of benzene rings is 1. The van der Waals surface area contributed by atoms with Crippen LogP contribution in [0, 0.1) is 0 Å². The number of hydrogen-bond acceptors (Lipinski definition) is 3. The summed E-state index contributed by atoms with van der Waals surface area (Å²) in [5.41, 5.74) is 0.426. The molecule has 0 heterocycles. The highest BCUT2D eigenvalue weighted by molar-refractivity contribution is 9.10. The van der Waals surface area contributed by atoms with E-state index in [9.17, 15) is 13.2 Å². The lowest BCUT2D eigenvalue weighted by molar-refractivity contribution is 0.0695. The molecule has 0 aliphatic rings. The Morgan fingerprint density at radius 2 is 2.06 bits per heavy atom. The van der Waals surface area contributed by atoms with Crippen LogP contribution >= 0.6 is 15.9 Å². The summed E-state index contributed by atoms with van der Waals surface area (Å²) in [5, 5.41) is 14.1. The molecule has 0 aliphatic heterocycles. The Kier molecular flexibility index (Phi) is 4.89. The number of rotatable bonds is 5. The summed E-state index contributed by atoms with van der Waals surface area (Å²) < 4.78 is 23.3. The Morgan fingerprint density at radius 1 is 1.44 bits per heavy atom. The van der Waals surface area contributed by atoms with Crippen molar-refractivity contribution < 1.29 is 18.3 Å². The normalized spacial score (nSPS) is 11.5. The van der Waals surface area contributed by atoms with Gasteiger partial charge in [0, 0.05) is 4.47 Å². The van der Waals surface area contributed by atoms with Crippen molar-refractivity contribution in [1.82, 2.24) is 0 Å². The molecule has 1 rings (SSSR count). The van der Waals surface area contributed by atoms with Crippen LogP contribution in [-0.2, 0) is 16.4 Å². The lowest BCUT2D eigenvalue weighted by Gasteiger charge is -2.10. The lowest BCUT2D eigenvalue weighted by Crippen LogP contribution is -2.16. The molecule has 0 radical (unpaired) electrons. The second kappa shape index (κ2) is 5.81. The number of unbranched alkanes of at least 4 members (excludes halogenated alkanes) is 1. The molecule has 1 aromatic carbocycles. The van der Waals surface area contributed by atoms with Gasteiger partial charge in [-0.05, 0) is 46.5 Å². The van der Waals surface area contributed by atoms with Gasteiger partial charge in [0.05, 0.1) is 10.5 Å². The average Bonchev–Trinajstić information content (AvgIpc) is 2.23. The number of halogens is 1. The van der Waals surface area contributed by atoms with E-state index < -0.39 is 16.0 Å². The summed E-state index contributed by atoms with van der Waals surface area (Å²) in [6, 6.07) is 2.62. The molecule has 100 valence electrons. The SMILES string of the molecule is CCCCc1cc(Br)c(C(=O)O)cc1S(N)(=O)=O. The second-order valence-electron chi connectivity index (χ2n) is 3.89. The highest BCUT2D eigenvalue weighted by Gasteiger charge is 2.19. The molecule has 0 bridgehead atoms. The lowest BCUT2D eigenvalue weighted by atomic mass is 10.1. The number of aryl methyl sites for hydroxylation is 1. The van der Waals surface area contributed by atoms with Gasteiger partial charge in [0.15, 0.2) is 0 Å². The molecule has 0 spiro atoms. The molecule has 0 saturated carbocycles. The number of carboxylic acids is 1. The second-order valence-corrected chi connectivity index (χ2v) is 6.28. The minimum atomic E-state index is -3.92. The largest absolute Gasteiger partial charge is 0.478 e. The minimum absolute atomic E-state index is 0.112. The van der Waals surface area contributed by atoms with Crippen molar-refractivity contribution in [2.24, 2.45) is 5.14 Å². The molecular weight excluding hydrogens is 322 g/mol. The van der Waals surface area contributed by atoms with Crippen molar-refractivity contribution in [3.05, 3.63) is 27.7 Å². The summed E-state index contributed by atoms with van der Waals surface area (Å²) in [4.78, 5) is 10.8.